The highest BCUT2D eigenvalue weighted by molar-refractivity contribution is 5.98. The van der Waals surface area contributed by atoms with Crippen molar-refractivity contribution in [3.05, 3.63) is 82.2 Å². The number of carboxylic acid groups (broad SMARTS) is 1. The molecule has 0 bridgehead atoms. The van der Waals surface area contributed by atoms with Crippen molar-refractivity contribution < 1.29 is 91.2 Å². The molecule has 5 N–H and O–H groups in total. The first kappa shape index (κ1) is 51.0. The van der Waals surface area contributed by atoms with Gasteiger partial charge in [-0.15, -0.1) is 0 Å². The van der Waals surface area contributed by atoms with Crippen molar-refractivity contribution in [2.45, 2.75) is 58.4 Å². The van der Waals surface area contributed by atoms with Gasteiger partial charge in [0.05, 0.1) is 32.6 Å². The lowest BCUT2D eigenvalue weighted by atomic mass is 10.2. The maximum absolute atomic E-state index is 11.4. The van der Waals surface area contributed by atoms with E-state index in [2.05, 4.69) is 40.6 Å². The Morgan fingerprint density at radius 3 is 1.47 bits per heavy atom. The van der Waals surface area contributed by atoms with Crippen molar-refractivity contribution in [3.8, 4) is 0 Å². The van der Waals surface area contributed by atoms with Crippen molar-refractivity contribution in [3.63, 3.8) is 0 Å². The zero-order valence-corrected chi connectivity index (χ0v) is 31.0. The van der Waals surface area contributed by atoms with Gasteiger partial charge in [-0.1, -0.05) is 65.8 Å². The van der Waals surface area contributed by atoms with E-state index in [0.29, 0.717) is 19.8 Å². The number of benzene rings is 2. The van der Waals surface area contributed by atoms with Crippen LogP contribution in [0.2, 0.25) is 0 Å². The lowest BCUT2D eigenvalue weighted by Gasteiger charge is -2.06. The molecule has 0 aliphatic carbocycles. The number of nitrogens with one attached hydrogen (secondary N) is 2. The van der Waals surface area contributed by atoms with Crippen LogP contribution >= 0.6 is 0 Å². The number of hydrogen-bond acceptors (Lipinski definition) is 17. The third kappa shape index (κ3) is 26.7. The molecular formula is C34H40F2N6O16. The maximum atomic E-state index is 11.4. The molecule has 2 aromatic carbocycles. The van der Waals surface area contributed by atoms with E-state index in [4.69, 9.17) is 29.6 Å². The summed E-state index contributed by atoms with van der Waals surface area (Å²) in [6.07, 6.45) is -5.46. The zero-order chi connectivity index (χ0) is 43.9. The van der Waals surface area contributed by atoms with E-state index in [1.54, 1.807) is 0 Å². The number of aliphatic carboxylic acids is 1. The Morgan fingerprint density at radius 1 is 0.793 bits per heavy atom. The molecule has 0 unspecified atom stereocenters. The number of halogens is 2. The largest absolute Gasteiger partial charge is 0.544 e. The third-order valence-electron chi connectivity index (χ3n) is 5.92. The third-order valence-corrected chi connectivity index (χ3v) is 5.92. The highest BCUT2D eigenvalue weighted by Gasteiger charge is 2.35. The summed E-state index contributed by atoms with van der Waals surface area (Å²) in [5, 5.41) is 16.6. The van der Waals surface area contributed by atoms with E-state index in [-0.39, 0.29) is 26.1 Å². The molecule has 24 heteroatoms. The number of carbonyl (C=O) groups is 9. The molecule has 0 spiro atoms. The van der Waals surface area contributed by atoms with Crippen LogP contribution < -0.4 is 21.5 Å². The first-order chi connectivity index (χ1) is 27.5. The van der Waals surface area contributed by atoms with Crippen molar-refractivity contribution in [1.29, 1.82) is 0 Å². The normalized spacial score (nSPS) is 14.4. The molecule has 2 aliphatic heterocycles. The molecule has 2 heterocycles. The molecule has 2 saturated heterocycles. The second kappa shape index (κ2) is 30.2. The molecular weight excluding hydrogens is 786 g/mol. The van der Waals surface area contributed by atoms with Crippen LogP contribution in [0.5, 0.6) is 0 Å². The Labute approximate surface area is 327 Å². The number of ether oxygens (including phenoxy) is 6. The minimum absolute atomic E-state index is 0.134. The van der Waals surface area contributed by atoms with E-state index in [1.807, 2.05) is 60.7 Å². The van der Waals surface area contributed by atoms with E-state index in [0.717, 1.165) is 17.7 Å². The minimum atomic E-state index is -3.34. The number of amides is 2. The fraction of sp³-hybridized carbons (Fsp3) is 0.382. The van der Waals surface area contributed by atoms with Gasteiger partial charge in [-0.25, -0.2) is 28.0 Å². The number of quaternary nitrogens is 1. The Balaban J connectivity index is 0.000000756. The van der Waals surface area contributed by atoms with Crippen LogP contribution in [-0.4, -0.2) is 98.8 Å². The van der Waals surface area contributed by atoms with Gasteiger partial charge in [0.25, 0.3) is 6.43 Å². The summed E-state index contributed by atoms with van der Waals surface area (Å²) in [5.41, 5.74) is 13.1. The summed E-state index contributed by atoms with van der Waals surface area (Å²) < 4.78 is 48.4. The summed E-state index contributed by atoms with van der Waals surface area (Å²) in [6, 6.07) is 16.4. The van der Waals surface area contributed by atoms with Gasteiger partial charge in [-0.3, -0.25) is 19.2 Å². The molecule has 2 aliphatic rings. The average molecular weight is 827 g/mol. The fourth-order valence-electron chi connectivity index (χ4n) is 3.54. The maximum Gasteiger partial charge on any atom is 0.415 e. The number of nitrogens with zero attached hydrogens (tertiary/aromatic N) is 3. The van der Waals surface area contributed by atoms with E-state index in [9.17, 15) is 47.1 Å². The summed E-state index contributed by atoms with van der Waals surface area (Å²) >= 11 is 0. The van der Waals surface area contributed by atoms with Crippen LogP contribution in [0.15, 0.2) is 65.8 Å². The molecule has 0 aromatic heterocycles. The topological polar surface area (TPSA) is 333 Å². The van der Waals surface area contributed by atoms with Crippen LogP contribution in [-0.2, 0) is 75.2 Å². The molecule has 22 nitrogen and oxygen atoms in total. The molecule has 2 fully saturated rings. The number of rotatable bonds is 14. The number of alkyl carbamates (subject to hydrolysis) is 2. The molecule has 4 rings (SSSR count). The Morgan fingerprint density at radius 2 is 1.19 bits per heavy atom. The monoisotopic (exact) mass is 826 g/mol. The Hall–Kier alpha value is -7.04. The Bertz CT molecular complexity index is 1610. The predicted molar refractivity (Wildman–Crippen MR) is 185 cm³/mol. The molecule has 0 radical (unpaired) electrons. The lowest BCUT2D eigenvalue weighted by molar-refractivity contribution is -0.374. The first-order valence-corrected chi connectivity index (χ1v) is 16.5. The number of hydrogen-bond donors (Lipinski definition) is 3. The predicted octanol–water partition coefficient (Wildman–Crippen LogP) is 0.162. The summed E-state index contributed by atoms with van der Waals surface area (Å²) in [5.74, 6) is -6.09. The number of carbonyl (C=O) groups excluding carboxylic acids is 9. The van der Waals surface area contributed by atoms with Crippen LogP contribution in [0, 0.1) is 0 Å². The molecule has 2 amide bonds. The summed E-state index contributed by atoms with van der Waals surface area (Å²) in [7, 11) is 0. The van der Waals surface area contributed by atoms with Gasteiger partial charge < -0.3 is 54.7 Å². The highest BCUT2D eigenvalue weighted by Crippen LogP contribution is 2.09. The van der Waals surface area contributed by atoms with E-state index >= 15 is 0 Å². The second-order valence-electron chi connectivity index (χ2n) is 10.6. The number of alkyl halides is 2. The number of esters is 6. The van der Waals surface area contributed by atoms with Gasteiger partial charge in [0.2, 0.25) is 0 Å². The van der Waals surface area contributed by atoms with Gasteiger partial charge in [0.1, 0.15) is 31.3 Å². The Kier molecular flexibility index (Phi) is 26.5. The van der Waals surface area contributed by atoms with Gasteiger partial charge >= 0.3 is 48.0 Å². The van der Waals surface area contributed by atoms with E-state index < -0.39 is 72.5 Å². The minimum Gasteiger partial charge on any atom is -0.544 e. The van der Waals surface area contributed by atoms with Gasteiger partial charge in [0.15, 0.2) is 0 Å². The fourth-order valence-corrected chi connectivity index (χ4v) is 3.54. The second-order valence-corrected chi connectivity index (χ2v) is 10.6. The van der Waals surface area contributed by atoms with Gasteiger partial charge in [-0.05, 0) is 16.7 Å². The van der Waals surface area contributed by atoms with Crippen LogP contribution in [0.3, 0.4) is 0 Å². The molecule has 58 heavy (non-hydrogen) atoms. The molecule has 2 aromatic rings. The molecule has 0 saturated carbocycles. The average Bonchev–Trinajstić information content (AvgIpc) is 3.66. The number of azide groups is 1. The summed E-state index contributed by atoms with van der Waals surface area (Å²) in [6.45, 7) is 4.95. The highest BCUT2D eigenvalue weighted by atomic mass is 19.3. The standard InChI is InChI=1S/2C12H11NO5.C4H10N4O.C4H6O3.C2H2F2O2/c2*14-10(6-9-11(15)18-12(16)13-9)17-7-8-4-2-1-3-5-8;5-1-3-9-4-2-7-8-6;1-3(5)7-4(2)6;3-1(4)2(5)6/h2*1-5,9H,6-7H2,(H,13,16);1-5H2;1-2H3;1H,(H,5,6)/t2*9-;;;/m10.../s1. The van der Waals surface area contributed by atoms with Crippen molar-refractivity contribution in [2.75, 3.05) is 26.3 Å². The molecule has 316 valence electrons. The quantitative estimate of drug-likeness (QED) is 0.0434. The lowest BCUT2D eigenvalue weighted by Crippen LogP contribution is -2.52. The van der Waals surface area contributed by atoms with Crippen molar-refractivity contribution in [2.24, 2.45) is 5.11 Å². The number of carboxylic acids is 1. The van der Waals surface area contributed by atoms with Gasteiger partial charge in [0, 0.05) is 25.3 Å². The summed E-state index contributed by atoms with van der Waals surface area (Å²) in [4.78, 5) is 97.5. The van der Waals surface area contributed by atoms with Crippen molar-refractivity contribution >= 4 is 54.0 Å². The first-order valence-electron chi connectivity index (χ1n) is 16.5. The van der Waals surface area contributed by atoms with Crippen LogP contribution in [0.4, 0.5) is 18.4 Å². The smallest absolute Gasteiger partial charge is 0.415 e. The van der Waals surface area contributed by atoms with Crippen molar-refractivity contribution in [1.82, 2.24) is 10.6 Å². The molecule has 2 atom stereocenters. The van der Waals surface area contributed by atoms with Gasteiger partial charge in [-0.2, -0.15) is 0 Å². The van der Waals surface area contributed by atoms with Crippen LogP contribution in [0.25, 0.3) is 10.4 Å². The van der Waals surface area contributed by atoms with E-state index in [1.165, 1.54) is 13.8 Å². The zero-order valence-electron chi connectivity index (χ0n) is 31.0. The SMILES string of the molecule is CC(=O)OC(C)=O.O=C(C[C@@H]1NC(=O)OC1=O)OCc1ccccc1.O=C(C[C@H]1NC(=O)OC1=O)OCc1ccccc1.O=C([O-])C(F)F.[N-]=[N+]=NCCOCC[NH3+]. The number of cyclic esters (lactones) is 4. The van der Waals surface area contributed by atoms with Crippen LogP contribution in [0.1, 0.15) is 37.8 Å².